The molecule has 0 saturated heterocycles. The molecule has 4 nitrogen and oxygen atoms in total. The molecule has 1 amide bonds. The summed E-state index contributed by atoms with van der Waals surface area (Å²) in [4.78, 5) is 11.7. The van der Waals surface area contributed by atoms with Crippen LogP contribution in [-0.2, 0) is 4.74 Å². The molecule has 4 heteroatoms. The van der Waals surface area contributed by atoms with Crippen molar-refractivity contribution < 1.29 is 14.0 Å². The van der Waals surface area contributed by atoms with Gasteiger partial charge in [-0.2, -0.15) is 4.79 Å². The Hall–Kier alpha value is -1.12. The number of hydrogen-bond acceptors (Lipinski definition) is 2. The van der Waals surface area contributed by atoms with Crippen molar-refractivity contribution in [2.45, 2.75) is 33.3 Å². The van der Waals surface area contributed by atoms with Crippen molar-refractivity contribution in [3.8, 4) is 0 Å². The Labute approximate surface area is 85.5 Å². The van der Waals surface area contributed by atoms with Crippen LogP contribution in [0.3, 0.4) is 0 Å². The lowest BCUT2D eigenvalue weighted by Gasteiger charge is -2.24. The summed E-state index contributed by atoms with van der Waals surface area (Å²) in [6, 6.07) is 0. The monoisotopic (exact) mass is 200 g/mol. The topological polar surface area (TPSA) is 40.4 Å². The maximum atomic E-state index is 11.7. The molecule has 0 rings (SSSR count). The molecule has 0 aromatic heterocycles. The zero-order chi connectivity index (χ0) is 11.6. The number of carbonyl (C=O) groups is 1. The molecule has 0 aromatic carbocycles. The van der Waals surface area contributed by atoms with Crippen LogP contribution >= 0.6 is 0 Å². The van der Waals surface area contributed by atoms with Gasteiger partial charge in [-0.05, 0) is 25.4 Å². The number of nitrogens with zero attached hydrogens (tertiary/aromatic N) is 2. The van der Waals surface area contributed by atoms with Crippen molar-refractivity contribution in [3.05, 3.63) is 0 Å². The van der Waals surface area contributed by atoms with Crippen LogP contribution in [0.5, 0.6) is 0 Å². The molecule has 14 heavy (non-hydrogen) atoms. The zero-order valence-electron chi connectivity index (χ0n) is 9.92. The molecule has 0 saturated carbocycles. The average Bonchev–Trinajstić information content (AvgIpc) is 1.99. The minimum Gasteiger partial charge on any atom is -0.414 e. The molecule has 80 valence electrons. The molecule has 0 bridgehead atoms. The van der Waals surface area contributed by atoms with E-state index in [9.17, 15) is 4.79 Å². The van der Waals surface area contributed by atoms with Crippen LogP contribution in [0.15, 0.2) is 0 Å². The lowest BCUT2D eigenvalue weighted by atomic mass is 10.2. The highest BCUT2D eigenvalue weighted by Gasteiger charge is 2.40. The van der Waals surface area contributed by atoms with E-state index in [2.05, 4.69) is 11.4 Å². The molecule has 0 aliphatic heterocycles. The van der Waals surface area contributed by atoms with E-state index in [-0.39, 0.29) is 10.6 Å². The molecule has 0 fully saturated rings. The fraction of sp³-hybridized carbons (Fsp3) is 0.700. The number of amidine groups is 1. The van der Waals surface area contributed by atoms with E-state index in [1.54, 1.807) is 21.0 Å². The minimum atomic E-state index is -0.478. The maximum Gasteiger partial charge on any atom is 0.526 e. The second-order valence-corrected chi connectivity index (χ2v) is 4.64. The van der Waals surface area contributed by atoms with Gasteiger partial charge in [0.25, 0.3) is 6.72 Å². The van der Waals surface area contributed by atoms with E-state index in [4.69, 9.17) is 4.74 Å². The maximum absolute atomic E-state index is 11.7. The van der Waals surface area contributed by atoms with Gasteiger partial charge in [0.15, 0.2) is 0 Å². The molecule has 0 radical (unpaired) electrons. The van der Waals surface area contributed by atoms with E-state index in [0.717, 1.165) is 0 Å². The van der Waals surface area contributed by atoms with E-state index < -0.39 is 5.60 Å². The summed E-state index contributed by atoms with van der Waals surface area (Å²) in [5.41, 5.74) is -0.478. The van der Waals surface area contributed by atoms with Gasteiger partial charge in [0, 0.05) is 0 Å². The van der Waals surface area contributed by atoms with E-state index in [1.807, 2.05) is 20.8 Å². The number of hydrogen-bond donors (Lipinski definition) is 0. The largest absolute Gasteiger partial charge is 0.526 e. The fourth-order valence-corrected chi connectivity index (χ4v) is 0.685. The number of carbonyl (C=O) groups excluding carboxylic acids is 1. The summed E-state index contributed by atoms with van der Waals surface area (Å²) in [7, 11) is 3.44. The molecule has 0 aliphatic rings. The van der Waals surface area contributed by atoms with E-state index in [1.165, 1.54) is 0 Å². The van der Waals surface area contributed by atoms with Gasteiger partial charge in [0.2, 0.25) is 0 Å². The Kier molecular flexibility index (Phi) is 3.63. The quantitative estimate of drug-likeness (QED) is 0.255. The Morgan fingerprint density at radius 2 is 1.79 bits per heavy atom. The Morgan fingerprint density at radius 3 is 2.07 bits per heavy atom. The summed E-state index contributed by atoms with van der Waals surface area (Å²) in [5, 5.41) is 0. The summed E-state index contributed by atoms with van der Waals surface area (Å²) in [6.07, 6.45) is -0.331. The van der Waals surface area contributed by atoms with Gasteiger partial charge in [-0.3, -0.25) is 0 Å². The fourth-order valence-electron chi connectivity index (χ4n) is 0.685. The van der Waals surface area contributed by atoms with Gasteiger partial charge in [0.05, 0.1) is 21.0 Å². The first-order chi connectivity index (χ1) is 6.11. The lowest BCUT2D eigenvalue weighted by Crippen LogP contribution is -2.52. The zero-order valence-corrected chi connectivity index (χ0v) is 9.92. The molecular formula is C10H20N2O2+2. The second kappa shape index (κ2) is 3.95. The smallest absolute Gasteiger partial charge is 0.414 e. The van der Waals surface area contributed by atoms with Crippen molar-refractivity contribution in [1.29, 1.82) is 0 Å². The first-order valence-corrected chi connectivity index (χ1v) is 4.49. The molecule has 0 unspecified atom stereocenters. The first-order valence-electron chi connectivity index (χ1n) is 4.49. The van der Waals surface area contributed by atoms with Gasteiger partial charge in [0.1, 0.15) is 5.60 Å². The molecule has 0 N–H and O–H groups in total. The molecule has 0 aromatic rings. The van der Waals surface area contributed by atoms with Gasteiger partial charge < -0.3 is 4.74 Å². The van der Waals surface area contributed by atoms with Crippen LogP contribution in [-0.4, -0.2) is 42.8 Å². The highest BCUT2D eigenvalue weighted by atomic mass is 16.6. The standard InChI is InChI=1S/C10H20N2O2/c1-8(11-5)12(6,7)9(13)14-10(2,3)4/h5H2,1-4,6-7H3/q+2. The SMILES string of the molecule is C=[N+]=C(C)[N+](C)(C)C(=O)OC(C)(C)C. The normalized spacial score (nSPS) is 11.9. The molecule has 0 aliphatic carbocycles. The highest BCUT2D eigenvalue weighted by Crippen LogP contribution is 2.12. The van der Waals surface area contributed by atoms with Crippen LogP contribution in [0, 0.1) is 0 Å². The van der Waals surface area contributed by atoms with Crippen LogP contribution < -0.4 is 4.67 Å². The predicted octanol–water partition coefficient (Wildman–Crippen LogP) is 1.18. The highest BCUT2D eigenvalue weighted by molar-refractivity contribution is 5.82. The van der Waals surface area contributed by atoms with Gasteiger partial charge in [-0.15, -0.1) is 4.48 Å². The third kappa shape index (κ3) is 3.32. The first kappa shape index (κ1) is 12.9. The van der Waals surface area contributed by atoms with Crippen LogP contribution in [0.1, 0.15) is 27.7 Å². The Balaban J connectivity index is 4.78. The molecule has 0 atom stereocenters. The van der Waals surface area contributed by atoms with Crippen molar-refractivity contribution in [2.75, 3.05) is 14.1 Å². The minimum absolute atomic E-state index is 0.0270. The Morgan fingerprint density at radius 1 is 1.36 bits per heavy atom. The summed E-state index contributed by atoms with van der Waals surface area (Å²) in [6.45, 7) is 10.6. The Bertz CT molecular complexity index is 281. The average molecular weight is 200 g/mol. The van der Waals surface area contributed by atoms with Gasteiger partial charge in [-0.1, -0.05) is 0 Å². The van der Waals surface area contributed by atoms with E-state index >= 15 is 0 Å². The molecule has 0 spiro atoms. The third-order valence-corrected chi connectivity index (χ3v) is 1.89. The van der Waals surface area contributed by atoms with Crippen molar-refractivity contribution >= 4 is 18.6 Å². The van der Waals surface area contributed by atoms with Crippen molar-refractivity contribution in [2.24, 2.45) is 0 Å². The van der Waals surface area contributed by atoms with Gasteiger partial charge >= 0.3 is 11.9 Å². The number of quaternary nitrogens is 1. The third-order valence-electron chi connectivity index (χ3n) is 1.89. The molecule has 0 heterocycles. The number of rotatable bonds is 0. The summed E-state index contributed by atoms with van der Waals surface area (Å²) >= 11 is 0. The van der Waals surface area contributed by atoms with E-state index in [0.29, 0.717) is 5.84 Å². The molecular weight excluding hydrogens is 180 g/mol. The van der Waals surface area contributed by atoms with Crippen molar-refractivity contribution in [3.63, 3.8) is 0 Å². The van der Waals surface area contributed by atoms with Gasteiger partial charge in [-0.25, -0.2) is 0 Å². The van der Waals surface area contributed by atoms with Crippen LogP contribution in [0.2, 0.25) is 0 Å². The predicted molar refractivity (Wildman–Crippen MR) is 58.3 cm³/mol. The summed E-state index contributed by atoms with van der Waals surface area (Å²) in [5.74, 6) is 0.610. The lowest BCUT2D eigenvalue weighted by molar-refractivity contribution is -0.723. The van der Waals surface area contributed by atoms with Crippen molar-refractivity contribution in [1.82, 2.24) is 4.67 Å². The summed E-state index contributed by atoms with van der Waals surface area (Å²) < 4.78 is 8.97. The number of ether oxygens (including phenoxy) is 1. The van der Waals surface area contributed by atoms with Crippen LogP contribution in [0.25, 0.3) is 0 Å². The second-order valence-electron chi connectivity index (χ2n) is 4.64. The van der Waals surface area contributed by atoms with Crippen LogP contribution in [0.4, 0.5) is 4.79 Å². The number of amides is 1.